The molecule has 0 fully saturated rings. The van der Waals surface area contributed by atoms with Crippen LogP contribution in [-0.2, 0) is 6.54 Å². The summed E-state index contributed by atoms with van der Waals surface area (Å²) in [5, 5.41) is 19.7. The van der Waals surface area contributed by atoms with Crippen molar-refractivity contribution in [3.05, 3.63) is 41.8 Å². The molecule has 1 heterocycles. The minimum atomic E-state index is -0.249. The molecule has 0 saturated heterocycles. The molecule has 0 saturated carbocycles. The van der Waals surface area contributed by atoms with Crippen LogP contribution in [0.1, 0.15) is 25.3 Å². The molecule has 0 aliphatic carbocycles. The van der Waals surface area contributed by atoms with Crippen LogP contribution in [0, 0.1) is 5.82 Å². The zero-order valence-corrected chi connectivity index (χ0v) is 11.6. The molecule has 4 nitrogen and oxygen atoms in total. The number of aliphatic hydroxyl groups is 1. The van der Waals surface area contributed by atoms with Gasteiger partial charge in [0.05, 0.1) is 18.0 Å². The van der Waals surface area contributed by atoms with Gasteiger partial charge in [-0.1, -0.05) is 6.92 Å². The van der Waals surface area contributed by atoms with Crippen molar-refractivity contribution in [3.8, 4) is 11.3 Å². The number of nitrogens with zero attached hydrogens (tertiary/aromatic N) is 1. The van der Waals surface area contributed by atoms with Crippen LogP contribution in [0.5, 0.6) is 0 Å². The van der Waals surface area contributed by atoms with Crippen LogP contribution in [0.3, 0.4) is 0 Å². The van der Waals surface area contributed by atoms with Crippen molar-refractivity contribution in [2.24, 2.45) is 0 Å². The Kier molecular flexibility index (Phi) is 5.26. The lowest BCUT2D eigenvalue weighted by Crippen LogP contribution is -2.19. The summed E-state index contributed by atoms with van der Waals surface area (Å²) in [6.07, 6.45) is 3.03. The lowest BCUT2D eigenvalue weighted by molar-refractivity contribution is 0.159. The van der Waals surface area contributed by atoms with E-state index in [1.165, 1.54) is 12.1 Å². The second-order valence-corrected chi connectivity index (χ2v) is 4.80. The van der Waals surface area contributed by atoms with Gasteiger partial charge in [0.1, 0.15) is 5.82 Å². The fourth-order valence-electron chi connectivity index (χ4n) is 2.01. The topological polar surface area (TPSA) is 60.9 Å². The third-order valence-corrected chi connectivity index (χ3v) is 3.29. The van der Waals surface area contributed by atoms with E-state index < -0.39 is 0 Å². The third-order valence-electron chi connectivity index (χ3n) is 3.29. The number of hydrogen-bond acceptors (Lipinski definition) is 3. The summed E-state index contributed by atoms with van der Waals surface area (Å²) in [5.74, 6) is -0.249. The molecule has 3 N–H and O–H groups in total. The third kappa shape index (κ3) is 3.88. The van der Waals surface area contributed by atoms with E-state index in [1.54, 1.807) is 18.3 Å². The number of aromatic amines is 1. The first-order valence-corrected chi connectivity index (χ1v) is 6.87. The van der Waals surface area contributed by atoms with Crippen molar-refractivity contribution in [1.29, 1.82) is 0 Å². The number of H-pyrrole nitrogens is 1. The lowest BCUT2D eigenvalue weighted by atomic mass is 10.1. The number of aliphatic hydroxyl groups excluding tert-OH is 1. The van der Waals surface area contributed by atoms with Crippen molar-refractivity contribution in [3.63, 3.8) is 0 Å². The molecule has 108 valence electrons. The Morgan fingerprint density at radius 3 is 2.80 bits per heavy atom. The molecule has 0 radical (unpaired) electrons. The summed E-state index contributed by atoms with van der Waals surface area (Å²) in [4.78, 5) is 0. The Balaban J connectivity index is 1.93. The van der Waals surface area contributed by atoms with Crippen LogP contribution in [-0.4, -0.2) is 28.0 Å². The quantitative estimate of drug-likeness (QED) is 0.681. The van der Waals surface area contributed by atoms with E-state index in [-0.39, 0.29) is 11.9 Å². The zero-order valence-electron chi connectivity index (χ0n) is 11.6. The molecular weight excluding hydrogens is 257 g/mol. The summed E-state index contributed by atoms with van der Waals surface area (Å²) >= 11 is 0. The number of aromatic nitrogens is 2. The van der Waals surface area contributed by atoms with Crippen molar-refractivity contribution >= 4 is 0 Å². The maximum absolute atomic E-state index is 12.9. The zero-order chi connectivity index (χ0) is 14.4. The van der Waals surface area contributed by atoms with Gasteiger partial charge in [-0.2, -0.15) is 5.10 Å². The van der Waals surface area contributed by atoms with E-state index in [4.69, 9.17) is 0 Å². The molecule has 1 aromatic heterocycles. The van der Waals surface area contributed by atoms with Crippen molar-refractivity contribution in [1.82, 2.24) is 15.5 Å². The summed E-state index contributed by atoms with van der Waals surface area (Å²) in [7, 11) is 0. The van der Waals surface area contributed by atoms with E-state index in [1.807, 2.05) is 6.92 Å². The highest BCUT2D eigenvalue weighted by Gasteiger charge is 2.08. The number of hydrogen-bond donors (Lipinski definition) is 3. The van der Waals surface area contributed by atoms with Gasteiger partial charge in [-0.05, 0) is 43.7 Å². The maximum atomic E-state index is 12.9. The Bertz CT molecular complexity index is 524. The smallest absolute Gasteiger partial charge is 0.123 e. The maximum Gasteiger partial charge on any atom is 0.123 e. The van der Waals surface area contributed by atoms with E-state index in [2.05, 4.69) is 15.5 Å². The SMILES string of the molecule is CCC(O)CCNCc1cn[nH]c1-c1ccc(F)cc1. The normalized spacial score (nSPS) is 12.6. The van der Waals surface area contributed by atoms with Crippen LogP contribution < -0.4 is 5.32 Å². The highest BCUT2D eigenvalue weighted by atomic mass is 19.1. The first-order valence-electron chi connectivity index (χ1n) is 6.87. The fourth-order valence-corrected chi connectivity index (χ4v) is 2.01. The predicted octanol–water partition coefficient (Wildman–Crippen LogP) is 2.47. The number of benzene rings is 1. The first kappa shape index (κ1) is 14.7. The molecule has 0 bridgehead atoms. The number of rotatable bonds is 7. The Hall–Kier alpha value is -1.72. The monoisotopic (exact) mass is 277 g/mol. The fraction of sp³-hybridized carbons (Fsp3) is 0.400. The largest absolute Gasteiger partial charge is 0.393 e. The van der Waals surface area contributed by atoms with E-state index in [9.17, 15) is 9.50 Å². The molecule has 1 unspecified atom stereocenters. The Morgan fingerprint density at radius 1 is 1.35 bits per heavy atom. The lowest BCUT2D eigenvalue weighted by Gasteiger charge is -2.09. The average molecular weight is 277 g/mol. The second kappa shape index (κ2) is 7.17. The highest BCUT2D eigenvalue weighted by Crippen LogP contribution is 2.21. The molecular formula is C15H20FN3O. The predicted molar refractivity (Wildman–Crippen MR) is 76.6 cm³/mol. The Labute approximate surface area is 118 Å². The van der Waals surface area contributed by atoms with Crippen molar-refractivity contribution in [2.75, 3.05) is 6.54 Å². The number of nitrogens with one attached hydrogen (secondary N) is 2. The van der Waals surface area contributed by atoms with Gasteiger partial charge in [-0.25, -0.2) is 4.39 Å². The number of halogens is 1. The van der Waals surface area contributed by atoms with Gasteiger partial charge >= 0.3 is 0 Å². The van der Waals surface area contributed by atoms with Crippen molar-refractivity contribution < 1.29 is 9.50 Å². The Morgan fingerprint density at radius 2 is 2.10 bits per heavy atom. The molecule has 2 aromatic rings. The van der Waals surface area contributed by atoms with Gasteiger partial charge in [0.25, 0.3) is 0 Å². The summed E-state index contributed by atoms with van der Waals surface area (Å²) in [6.45, 7) is 3.38. The molecule has 5 heteroatoms. The van der Waals surface area contributed by atoms with Gasteiger partial charge in [-0.15, -0.1) is 0 Å². The molecule has 0 aliphatic heterocycles. The average Bonchev–Trinajstić information content (AvgIpc) is 2.92. The molecule has 1 aromatic carbocycles. The van der Waals surface area contributed by atoms with Crippen LogP contribution in [0.15, 0.2) is 30.5 Å². The van der Waals surface area contributed by atoms with Gasteiger partial charge in [0, 0.05) is 17.7 Å². The van der Waals surface area contributed by atoms with Crippen LogP contribution >= 0.6 is 0 Å². The highest BCUT2D eigenvalue weighted by molar-refractivity contribution is 5.62. The van der Waals surface area contributed by atoms with E-state index in [0.29, 0.717) is 6.54 Å². The van der Waals surface area contributed by atoms with Gasteiger partial charge in [-0.3, -0.25) is 5.10 Å². The van der Waals surface area contributed by atoms with Crippen molar-refractivity contribution in [2.45, 2.75) is 32.4 Å². The van der Waals surface area contributed by atoms with Crippen LogP contribution in [0.25, 0.3) is 11.3 Å². The van der Waals surface area contributed by atoms with E-state index in [0.717, 1.165) is 36.2 Å². The van der Waals surface area contributed by atoms with Gasteiger partial charge in [0.15, 0.2) is 0 Å². The van der Waals surface area contributed by atoms with Gasteiger partial charge in [0.2, 0.25) is 0 Å². The molecule has 0 spiro atoms. The van der Waals surface area contributed by atoms with Crippen LogP contribution in [0.4, 0.5) is 4.39 Å². The molecule has 1 atom stereocenters. The minimum absolute atomic E-state index is 0.247. The molecule has 20 heavy (non-hydrogen) atoms. The molecule has 0 aliphatic rings. The van der Waals surface area contributed by atoms with Crippen LogP contribution in [0.2, 0.25) is 0 Å². The summed E-state index contributed by atoms with van der Waals surface area (Å²) in [5.41, 5.74) is 2.84. The molecule has 2 rings (SSSR count). The van der Waals surface area contributed by atoms with Gasteiger partial charge < -0.3 is 10.4 Å². The molecule has 0 amide bonds. The second-order valence-electron chi connectivity index (χ2n) is 4.80. The van der Waals surface area contributed by atoms with E-state index >= 15 is 0 Å². The summed E-state index contributed by atoms with van der Waals surface area (Å²) in [6, 6.07) is 6.33. The summed E-state index contributed by atoms with van der Waals surface area (Å²) < 4.78 is 12.9. The standard InChI is InChI=1S/C15H20FN3O/c1-2-14(20)7-8-17-9-12-10-18-19-15(12)11-3-5-13(16)6-4-11/h3-6,10,14,17,20H,2,7-9H2,1H3,(H,18,19). The first-order chi connectivity index (χ1) is 9.70. The minimum Gasteiger partial charge on any atom is -0.393 e.